The fourth-order valence-electron chi connectivity index (χ4n) is 11.3. The summed E-state index contributed by atoms with van der Waals surface area (Å²) in [6, 6.07) is 88.7. The third kappa shape index (κ3) is 7.66. The number of hydrogen-bond acceptors (Lipinski definition) is 4. The van der Waals surface area contributed by atoms with Gasteiger partial charge in [0.05, 0.1) is 39.1 Å². The van der Waals surface area contributed by atoms with E-state index in [1.54, 1.807) is 0 Å². The van der Waals surface area contributed by atoms with Gasteiger partial charge in [0.1, 0.15) is 0 Å². The second-order valence-corrected chi connectivity index (χ2v) is 19.5. The lowest BCUT2D eigenvalue weighted by molar-refractivity contribution is 1.07. The average Bonchev–Trinajstić information content (AvgIpc) is 4.05. The van der Waals surface area contributed by atoms with Gasteiger partial charge in [0, 0.05) is 61.1 Å². The molecule has 0 atom stereocenters. The van der Waals surface area contributed by atoms with Crippen molar-refractivity contribution < 1.29 is 0 Å². The van der Waals surface area contributed by atoms with Crippen molar-refractivity contribution in [2.45, 2.75) is 13.8 Å². The highest BCUT2D eigenvalue weighted by atomic mass is 15.0. The van der Waals surface area contributed by atoms with Crippen molar-refractivity contribution in [3.05, 3.63) is 266 Å². The van der Waals surface area contributed by atoms with Crippen LogP contribution in [0.2, 0.25) is 0 Å². The largest absolute Gasteiger partial charge is 0.309 e. The number of aryl methyl sites for hydroxylation is 2. The van der Waals surface area contributed by atoms with Crippen LogP contribution in [-0.4, -0.2) is 29.1 Å². The molecule has 0 aliphatic rings. The van der Waals surface area contributed by atoms with Crippen molar-refractivity contribution in [3.63, 3.8) is 0 Å². The van der Waals surface area contributed by atoms with Gasteiger partial charge in [-0.15, -0.1) is 0 Å². The Hall–Kier alpha value is -10.0. The van der Waals surface area contributed by atoms with E-state index < -0.39 is 0 Å². The van der Waals surface area contributed by atoms with Gasteiger partial charge in [-0.1, -0.05) is 188 Å². The van der Waals surface area contributed by atoms with Crippen molar-refractivity contribution in [3.8, 4) is 90.2 Å². The molecule has 10 aromatic carbocycles. The predicted molar refractivity (Wildman–Crippen MR) is 314 cm³/mol. The first-order valence-electron chi connectivity index (χ1n) is 25.8. The molecule has 4 aromatic heterocycles. The molecule has 4 heterocycles. The number of para-hydroxylation sites is 2. The highest BCUT2D eigenvalue weighted by molar-refractivity contribution is 6.13. The zero-order chi connectivity index (χ0) is 50.7. The summed E-state index contributed by atoms with van der Waals surface area (Å²) in [4.78, 5) is 20.5. The molecular formula is C70H48N6. The molecule has 0 aliphatic carbocycles. The van der Waals surface area contributed by atoms with E-state index in [4.69, 9.17) is 19.9 Å². The molecule has 6 heteroatoms. The number of benzene rings is 10. The highest BCUT2D eigenvalue weighted by Gasteiger charge is 2.24. The van der Waals surface area contributed by atoms with Crippen LogP contribution in [0, 0.1) is 13.8 Å². The standard InChI is InChI=1S/C70H48N6/c1-45-19-9-11-25-53(45)49-34-38-64-59(41-49)55-27-13-15-30-62(55)75(64)66-43-51(61-29-17-18-40-71-61)32-36-57(66)58-37-33-52(70-73-68(47-21-5-3-6-22-47)72-69(74-70)48-23-7-4-8-24-48)44-67(58)76-63-31-16-14-28-56(63)60-42-50(35-39-65(60)76)54-26-12-10-20-46(54)2/h3-44H,1-2H3. The lowest BCUT2D eigenvalue weighted by Crippen LogP contribution is -2.04. The lowest BCUT2D eigenvalue weighted by Gasteiger charge is -2.20. The van der Waals surface area contributed by atoms with E-state index in [1.807, 2.05) is 48.7 Å². The van der Waals surface area contributed by atoms with Gasteiger partial charge >= 0.3 is 0 Å². The molecule has 0 saturated carbocycles. The van der Waals surface area contributed by atoms with Crippen LogP contribution in [0.5, 0.6) is 0 Å². The van der Waals surface area contributed by atoms with E-state index in [-0.39, 0.29) is 0 Å². The van der Waals surface area contributed by atoms with Crippen molar-refractivity contribution in [2.75, 3.05) is 0 Å². The molecule has 0 bridgehead atoms. The molecule has 0 unspecified atom stereocenters. The normalized spacial score (nSPS) is 11.6. The van der Waals surface area contributed by atoms with Gasteiger partial charge in [-0.05, 0) is 108 Å². The molecule has 0 fully saturated rings. The van der Waals surface area contributed by atoms with E-state index in [1.165, 1.54) is 54.9 Å². The number of nitrogens with zero attached hydrogens (tertiary/aromatic N) is 6. The Labute approximate surface area is 440 Å². The fraction of sp³-hybridized carbons (Fsp3) is 0.0286. The minimum atomic E-state index is 0.584. The molecular weight excluding hydrogens is 925 g/mol. The molecule has 0 N–H and O–H groups in total. The smallest absolute Gasteiger partial charge is 0.164 e. The van der Waals surface area contributed by atoms with Crippen LogP contribution >= 0.6 is 0 Å². The lowest BCUT2D eigenvalue weighted by atomic mass is 9.96. The molecule has 0 aliphatic heterocycles. The van der Waals surface area contributed by atoms with E-state index in [0.717, 1.165) is 72.5 Å². The summed E-state index contributed by atoms with van der Waals surface area (Å²) in [7, 11) is 0. The Morgan fingerprint density at radius 3 is 1.18 bits per heavy atom. The second kappa shape index (κ2) is 18.5. The highest BCUT2D eigenvalue weighted by Crippen LogP contribution is 2.45. The van der Waals surface area contributed by atoms with Crippen LogP contribution in [0.3, 0.4) is 0 Å². The number of pyridine rings is 1. The number of fused-ring (bicyclic) bond motifs is 6. The van der Waals surface area contributed by atoms with Crippen molar-refractivity contribution in [2.24, 2.45) is 0 Å². The van der Waals surface area contributed by atoms with Gasteiger partial charge in [0.15, 0.2) is 17.5 Å². The van der Waals surface area contributed by atoms with E-state index >= 15 is 0 Å². The maximum Gasteiger partial charge on any atom is 0.164 e. The van der Waals surface area contributed by atoms with E-state index in [0.29, 0.717) is 17.5 Å². The van der Waals surface area contributed by atoms with Gasteiger partial charge in [0.2, 0.25) is 0 Å². The average molecular weight is 973 g/mol. The van der Waals surface area contributed by atoms with Crippen LogP contribution < -0.4 is 0 Å². The number of rotatable bonds is 9. The van der Waals surface area contributed by atoms with Gasteiger partial charge < -0.3 is 9.13 Å². The molecule has 14 aromatic rings. The first kappa shape index (κ1) is 44.6. The maximum absolute atomic E-state index is 5.27. The Balaban J connectivity index is 1.07. The predicted octanol–water partition coefficient (Wildman–Crippen LogP) is 17.7. The topological polar surface area (TPSA) is 61.4 Å². The van der Waals surface area contributed by atoms with Gasteiger partial charge in [0.25, 0.3) is 0 Å². The molecule has 0 amide bonds. The fourth-order valence-corrected chi connectivity index (χ4v) is 11.3. The third-order valence-electron chi connectivity index (χ3n) is 14.9. The summed E-state index contributed by atoms with van der Waals surface area (Å²) >= 11 is 0. The Kier molecular flexibility index (Phi) is 10.8. The molecule has 358 valence electrons. The first-order valence-corrected chi connectivity index (χ1v) is 25.8. The van der Waals surface area contributed by atoms with E-state index in [9.17, 15) is 0 Å². The molecule has 76 heavy (non-hydrogen) atoms. The van der Waals surface area contributed by atoms with Crippen molar-refractivity contribution in [1.29, 1.82) is 0 Å². The molecule has 0 saturated heterocycles. The minimum Gasteiger partial charge on any atom is -0.309 e. The van der Waals surface area contributed by atoms with Gasteiger partial charge in [-0.25, -0.2) is 15.0 Å². The molecule has 0 radical (unpaired) electrons. The quantitative estimate of drug-likeness (QED) is 0.145. The minimum absolute atomic E-state index is 0.584. The Morgan fingerprint density at radius 2 is 0.684 bits per heavy atom. The van der Waals surface area contributed by atoms with Crippen molar-refractivity contribution in [1.82, 2.24) is 29.1 Å². The van der Waals surface area contributed by atoms with Crippen LogP contribution in [0.4, 0.5) is 0 Å². The number of hydrogen-bond donors (Lipinski definition) is 0. The molecule has 0 spiro atoms. The van der Waals surface area contributed by atoms with Crippen LogP contribution in [-0.2, 0) is 0 Å². The Morgan fingerprint density at radius 1 is 0.276 bits per heavy atom. The zero-order valence-electron chi connectivity index (χ0n) is 41.9. The van der Waals surface area contributed by atoms with Crippen LogP contribution in [0.15, 0.2) is 255 Å². The van der Waals surface area contributed by atoms with Crippen LogP contribution in [0.25, 0.3) is 134 Å². The summed E-state index contributed by atoms with van der Waals surface area (Å²) < 4.78 is 4.90. The molecule has 14 rings (SSSR count). The van der Waals surface area contributed by atoms with Gasteiger partial charge in [-0.2, -0.15) is 0 Å². The first-order chi connectivity index (χ1) is 37.5. The van der Waals surface area contributed by atoms with Crippen molar-refractivity contribution >= 4 is 43.6 Å². The van der Waals surface area contributed by atoms with E-state index in [2.05, 4.69) is 229 Å². The second-order valence-electron chi connectivity index (χ2n) is 19.5. The SMILES string of the molecule is Cc1ccccc1-c1ccc2c(c1)c1ccccc1n2-c1cc(-c2ccccn2)ccc1-c1ccc(-c2nc(-c3ccccc3)nc(-c3ccccc3)n2)cc1-n1c2ccccc2c2cc(-c3ccccc3C)ccc21. The monoisotopic (exact) mass is 972 g/mol. The zero-order valence-corrected chi connectivity index (χ0v) is 41.9. The van der Waals surface area contributed by atoms with Crippen LogP contribution in [0.1, 0.15) is 11.1 Å². The summed E-state index contributed by atoms with van der Waals surface area (Å²) in [6.45, 7) is 4.37. The van der Waals surface area contributed by atoms with Gasteiger partial charge in [-0.3, -0.25) is 4.98 Å². The molecule has 6 nitrogen and oxygen atoms in total. The maximum atomic E-state index is 5.27. The third-order valence-corrected chi connectivity index (χ3v) is 14.9. The summed E-state index contributed by atoms with van der Waals surface area (Å²) in [6.07, 6.45) is 1.87. The summed E-state index contributed by atoms with van der Waals surface area (Å²) in [5, 5.41) is 4.71. The Bertz CT molecular complexity index is 4480. The summed E-state index contributed by atoms with van der Waals surface area (Å²) in [5.41, 5.74) is 20.5. The summed E-state index contributed by atoms with van der Waals surface area (Å²) in [5.74, 6) is 1.81. The number of aromatic nitrogens is 6.